The Labute approximate surface area is 157 Å². The molecule has 2 aromatic rings. The maximum Gasteiger partial charge on any atom is 0.272 e. The fourth-order valence-corrected chi connectivity index (χ4v) is 3.24. The second-order valence-electron chi connectivity index (χ2n) is 6.51. The third-order valence-corrected chi connectivity index (χ3v) is 4.73. The first-order chi connectivity index (χ1) is 13.2. The van der Waals surface area contributed by atoms with E-state index in [9.17, 15) is 9.59 Å². The standard InChI is InChI=1S/C20H21N3O4/c24-19(15-5-6-17-18(14-15)27-13-3-12-26-17)22-8-10-23(11-9-22)20(25)16-4-1-2-7-21-16/h1-2,4-7,14H,3,8-13H2. The van der Waals surface area contributed by atoms with Crippen molar-refractivity contribution in [2.75, 3.05) is 39.4 Å². The van der Waals surface area contributed by atoms with Gasteiger partial charge in [-0.2, -0.15) is 0 Å². The molecule has 1 fully saturated rings. The van der Waals surface area contributed by atoms with Gasteiger partial charge >= 0.3 is 0 Å². The van der Waals surface area contributed by atoms with Crippen LogP contribution >= 0.6 is 0 Å². The number of rotatable bonds is 2. The Kier molecular flexibility index (Phi) is 4.91. The van der Waals surface area contributed by atoms with Crippen LogP contribution in [-0.2, 0) is 0 Å². The predicted octanol–water partition coefficient (Wildman–Crippen LogP) is 1.84. The summed E-state index contributed by atoms with van der Waals surface area (Å²) in [5.41, 5.74) is 1.00. The summed E-state index contributed by atoms with van der Waals surface area (Å²) in [6.45, 7) is 3.17. The van der Waals surface area contributed by atoms with E-state index < -0.39 is 0 Å². The summed E-state index contributed by atoms with van der Waals surface area (Å²) in [6, 6.07) is 10.6. The molecule has 4 rings (SSSR count). The van der Waals surface area contributed by atoms with Crippen LogP contribution in [0.2, 0.25) is 0 Å². The number of nitrogens with zero attached hydrogens (tertiary/aromatic N) is 3. The third kappa shape index (κ3) is 3.72. The predicted molar refractivity (Wildman–Crippen MR) is 98.1 cm³/mol. The minimum atomic E-state index is -0.0988. The lowest BCUT2D eigenvalue weighted by Crippen LogP contribution is -2.50. The third-order valence-electron chi connectivity index (χ3n) is 4.73. The summed E-state index contributed by atoms with van der Waals surface area (Å²) in [4.78, 5) is 32.9. The van der Waals surface area contributed by atoms with Gasteiger partial charge in [-0.05, 0) is 30.3 Å². The van der Waals surface area contributed by atoms with E-state index in [4.69, 9.17) is 9.47 Å². The van der Waals surface area contributed by atoms with Crippen molar-refractivity contribution in [2.24, 2.45) is 0 Å². The van der Waals surface area contributed by atoms with Gasteiger partial charge in [0.05, 0.1) is 13.2 Å². The fraction of sp³-hybridized carbons (Fsp3) is 0.350. The van der Waals surface area contributed by atoms with Crippen LogP contribution in [0.1, 0.15) is 27.3 Å². The van der Waals surface area contributed by atoms with Crippen molar-refractivity contribution in [3.05, 3.63) is 53.9 Å². The molecule has 1 aromatic heterocycles. The Morgan fingerprint density at radius 1 is 0.852 bits per heavy atom. The Balaban J connectivity index is 1.40. The molecule has 2 aliphatic heterocycles. The molecule has 7 nitrogen and oxygen atoms in total. The molecular formula is C20H21N3O4. The molecule has 0 aliphatic carbocycles. The molecule has 0 N–H and O–H groups in total. The number of carbonyl (C=O) groups excluding carboxylic acids is 2. The van der Waals surface area contributed by atoms with E-state index in [0.29, 0.717) is 62.1 Å². The monoisotopic (exact) mass is 367 g/mol. The molecule has 27 heavy (non-hydrogen) atoms. The molecule has 7 heteroatoms. The van der Waals surface area contributed by atoms with Crippen LogP contribution in [-0.4, -0.2) is 66.0 Å². The number of piperazine rings is 1. The minimum absolute atomic E-state index is 0.0596. The summed E-state index contributed by atoms with van der Waals surface area (Å²) >= 11 is 0. The van der Waals surface area contributed by atoms with E-state index in [1.54, 1.807) is 52.4 Å². The van der Waals surface area contributed by atoms with Crippen molar-refractivity contribution in [3.63, 3.8) is 0 Å². The van der Waals surface area contributed by atoms with Crippen LogP contribution in [0, 0.1) is 0 Å². The molecule has 1 saturated heterocycles. The van der Waals surface area contributed by atoms with E-state index in [1.807, 2.05) is 0 Å². The molecule has 0 spiro atoms. The highest BCUT2D eigenvalue weighted by molar-refractivity contribution is 5.95. The largest absolute Gasteiger partial charge is 0.490 e. The highest BCUT2D eigenvalue weighted by Crippen LogP contribution is 2.30. The van der Waals surface area contributed by atoms with Crippen molar-refractivity contribution in [1.82, 2.24) is 14.8 Å². The van der Waals surface area contributed by atoms with Gasteiger partial charge < -0.3 is 19.3 Å². The van der Waals surface area contributed by atoms with Gasteiger partial charge in [-0.25, -0.2) is 0 Å². The van der Waals surface area contributed by atoms with Crippen molar-refractivity contribution in [2.45, 2.75) is 6.42 Å². The van der Waals surface area contributed by atoms with Crippen molar-refractivity contribution in [3.8, 4) is 11.5 Å². The van der Waals surface area contributed by atoms with Gasteiger partial charge in [0.25, 0.3) is 11.8 Å². The van der Waals surface area contributed by atoms with E-state index >= 15 is 0 Å². The van der Waals surface area contributed by atoms with Gasteiger partial charge in [0.1, 0.15) is 5.69 Å². The first kappa shape index (κ1) is 17.3. The van der Waals surface area contributed by atoms with Crippen LogP contribution in [0.25, 0.3) is 0 Å². The average Bonchev–Trinajstić information content (AvgIpc) is 2.98. The number of fused-ring (bicyclic) bond motifs is 1. The first-order valence-corrected chi connectivity index (χ1v) is 9.11. The Morgan fingerprint density at radius 2 is 1.56 bits per heavy atom. The number of amides is 2. The lowest BCUT2D eigenvalue weighted by molar-refractivity contribution is 0.0532. The van der Waals surface area contributed by atoms with Gasteiger partial charge in [-0.1, -0.05) is 6.07 Å². The zero-order valence-corrected chi connectivity index (χ0v) is 15.0. The van der Waals surface area contributed by atoms with Gasteiger partial charge in [-0.15, -0.1) is 0 Å². The molecule has 2 aliphatic rings. The number of hydrogen-bond acceptors (Lipinski definition) is 5. The van der Waals surface area contributed by atoms with Gasteiger partial charge in [0.2, 0.25) is 0 Å². The number of ether oxygens (including phenoxy) is 2. The maximum absolute atomic E-state index is 12.8. The highest BCUT2D eigenvalue weighted by Gasteiger charge is 2.26. The molecular weight excluding hydrogens is 346 g/mol. The Hall–Kier alpha value is -3.09. The SMILES string of the molecule is O=C(c1ccc2c(c1)OCCCO2)N1CCN(C(=O)c2ccccn2)CC1. The number of aromatic nitrogens is 1. The zero-order chi connectivity index (χ0) is 18.6. The van der Waals surface area contributed by atoms with Crippen molar-refractivity contribution >= 4 is 11.8 Å². The Bertz CT molecular complexity index is 832. The summed E-state index contributed by atoms with van der Waals surface area (Å²) in [5, 5.41) is 0. The minimum Gasteiger partial charge on any atom is -0.490 e. The molecule has 3 heterocycles. The fourth-order valence-electron chi connectivity index (χ4n) is 3.24. The molecule has 1 aromatic carbocycles. The van der Waals surface area contributed by atoms with E-state index in [-0.39, 0.29) is 11.8 Å². The molecule has 140 valence electrons. The lowest BCUT2D eigenvalue weighted by Gasteiger charge is -2.34. The molecule has 0 radical (unpaired) electrons. The van der Waals surface area contributed by atoms with Crippen LogP contribution in [0.15, 0.2) is 42.6 Å². The van der Waals surface area contributed by atoms with E-state index in [2.05, 4.69) is 4.98 Å². The number of benzene rings is 1. The molecule has 2 amide bonds. The molecule has 0 atom stereocenters. The second kappa shape index (κ2) is 7.65. The average molecular weight is 367 g/mol. The number of pyridine rings is 1. The smallest absolute Gasteiger partial charge is 0.272 e. The number of carbonyl (C=O) groups is 2. The number of hydrogen-bond donors (Lipinski definition) is 0. The highest BCUT2D eigenvalue weighted by atomic mass is 16.5. The van der Waals surface area contributed by atoms with E-state index in [1.165, 1.54) is 0 Å². The van der Waals surface area contributed by atoms with Crippen LogP contribution in [0.3, 0.4) is 0 Å². The van der Waals surface area contributed by atoms with Crippen LogP contribution in [0.4, 0.5) is 0 Å². The van der Waals surface area contributed by atoms with Crippen LogP contribution < -0.4 is 9.47 Å². The summed E-state index contributed by atoms with van der Waals surface area (Å²) in [5.74, 6) is 1.13. The van der Waals surface area contributed by atoms with E-state index in [0.717, 1.165) is 6.42 Å². The summed E-state index contributed by atoms with van der Waals surface area (Å²) in [7, 11) is 0. The lowest BCUT2D eigenvalue weighted by atomic mass is 10.1. The van der Waals surface area contributed by atoms with Crippen molar-refractivity contribution < 1.29 is 19.1 Å². The summed E-state index contributed by atoms with van der Waals surface area (Å²) in [6.07, 6.45) is 2.43. The summed E-state index contributed by atoms with van der Waals surface area (Å²) < 4.78 is 11.3. The van der Waals surface area contributed by atoms with Gasteiger partial charge in [-0.3, -0.25) is 14.6 Å². The second-order valence-corrected chi connectivity index (χ2v) is 6.51. The molecule has 0 bridgehead atoms. The first-order valence-electron chi connectivity index (χ1n) is 9.11. The topological polar surface area (TPSA) is 72.0 Å². The van der Waals surface area contributed by atoms with Crippen molar-refractivity contribution in [1.29, 1.82) is 0 Å². The van der Waals surface area contributed by atoms with Gasteiger partial charge in [0.15, 0.2) is 11.5 Å². The molecule has 0 unspecified atom stereocenters. The quantitative estimate of drug-likeness (QED) is 0.810. The van der Waals surface area contributed by atoms with Crippen LogP contribution in [0.5, 0.6) is 11.5 Å². The normalized spacial score (nSPS) is 16.6. The zero-order valence-electron chi connectivity index (χ0n) is 15.0. The maximum atomic E-state index is 12.8. The molecule has 0 saturated carbocycles. The Morgan fingerprint density at radius 3 is 2.26 bits per heavy atom. The van der Waals surface area contributed by atoms with Gasteiger partial charge in [0, 0.05) is 44.4 Å².